The van der Waals surface area contributed by atoms with Crippen LogP contribution in [0.3, 0.4) is 0 Å². The Labute approximate surface area is 131 Å². The second-order valence-corrected chi connectivity index (χ2v) is 7.16. The molecule has 0 N–H and O–H groups in total. The molecule has 0 saturated heterocycles. The van der Waals surface area contributed by atoms with Gasteiger partial charge in [0.25, 0.3) is 0 Å². The van der Waals surface area contributed by atoms with Crippen LogP contribution in [-0.4, -0.2) is 19.7 Å². The predicted octanol–water partition coefficient (Wildman–Crippen LogP) is 4.26. The topological polar surface area (TPSA) is 43.6 Å². The van der Waals surface area contributed by atoms with Crippen LogP contribution in [0.4, 0.5) is 0 Å². The summed E-state index contributed by atoms with van der Waals surface area (Å²) in [5, 5.41) is 5.11. The molecule has 0 radical (unpaired) electrons. The number of hydrogen-bond acceptors (Lipinski definition) is 3. The highest BCUT2D eigenvalue weighted by Gasteiger charge is 2.25. The monoisotopic (exact) mass is 306 g/mol. The lowest BCUT2D eigenvalue weighted by molar-refractivity contribution is 0.554. The number of aryl methyl sites for hydroxylation is 2. The average Bonchev–Trinajstić information content (AvgIpc) is 2.69. The third-order valence-corrected chi connectivity index (χ3v) is 3.74. The lowest BCUT2D eigenvalue weighted by atomic mass is 9.89. The molecule has 0 bridgehead atoms. The van der Waals surface area contributed by atoms with Crippen LogP contribution < -0.4 is 0 Å². The van der Waals surface area contributed by atoms with Crippen LogP contribution in [0.5, 0.6) is 0 Å². The maximum atomic E-state index is 6.37. The van der Waals surface area contributed by atoms with Crippen molar-refractivity contribution in [3.63, 3.8) is 0 Å². The molecule has 0 unspecified atom stereocenters. The van der Waals surface area contributed by atoms with E-state index in [4.69, 9.17) is 11.6 Å². The summed E-state index contributed by atoms with van der Waals surface area (Å²) in [7, 11) is 1.91. The summed E-state index contributed by atoms with van der Waals surface area (Å²) in [6.45, 7) is 12.6. The smallest absolute Gasteiger partial charge is 0.164 e. The van der Waals surface area contributed by atoms with E-state index in [9.17, 15) is 0 Å². The molecule has 0 aliphatic heterocycles. The zero-order chi connectivity index (χ0) is 15.9. The van der Waals surface area contributed by atoms with Crippen LogP contribution in [0.1, 0.15) is 57.5 Å². The van der Waals surface area contributed by atoms with Crippen molar-refractivity contribution < 1.29 is 0 Å². The quantitative estimate of drug-likeness (QED) is 0.779. The molecule has 0 fully saturated rings. The fourth-order valence-corrected chi connectivity index (χ4v) is 2.96. The molecule has 0 atom stereocenters. The second-order valence-electron chi connectivity index (χ2n) is 6.81. The lowest BCUT2D eigenvalue weighted by Crippen LogP contribution is -2.14. The normalized spacial score (nSPS) is 12.2. The summed E-state index contributed by atoms with van der Waals surface area (Å²) in [5.74, 6) is 0.961. The van der Waals surface area contributed by atoms with Gasteiger partial charge in [0.2, 0.25) is 0 Å². The highest BCUT2D eigenvalue weighted by Crippen LogP contribution is 2.32. The van der Waals surface area contributed by atoms with E-state index < -0.39 is 0 Å². The molecule has 0 aliphatic carbocycles. The van der Waals surface area contributed by atoms with E-state index in [-0.39, 0.29) is 5.41 Å². The van der Waals surface area contributed by atoms with Crippen molar-refractivity contribution in [2.45, 2.75) is 52.9 Å². The Bertz CT molecular complexity index is 642. The van der Waals surface area contributed by atoms with E-state index in [1.54, 1.807) is 4.68 Å². The Hall–Kier alpha value is -1.42. The largest absolute Gasteiger partial charge is 0.275 e. The second kappa shape index (κ2) is 5.41. The summed E-state index contributed by atoms with van der Waals surface area (Å²) in [4.78, 5) is 9.18. The third-order valence-electron chi connectivity index (χ3n) is 3.45. The van der Waals surface area contributed by atoms with E-state index >= 15 is 0 Å². The van der Waals surface area contributed by atoms with E-state index in [1.165, 1.54) is 0 Å². The highest BCUT2D eigenvalue weighted by atomic mass is 35.5. The number of aromatic nitrogens is 4. The number of nitrogens with zero attached hydrogens (tertiary/aromatic N) is 4. The van der Waals surface area contributed by atoms with Crippen LogP contribution in [-0.2, 0) is 12.5 Å². The van der Waals surface area contributed by atoms with Crippen molar-refractivity contribution in [1.29, 1.82) is 0 Å². The van der Waals surface area contributed by atoms with Crippen molar-refractivity contribution in [1.82, 2.24) is 19.7 Å². The first-order valence-electron chi connectivity index (χ1n) is 7.19. The Morgan fingerprint density at radius 3 is 2.29 bits per heavy atom. The Kier molecular flexibility index (Phi) is 4.11. The summed E-state index contributed by atoms with van der Waals surface area (Å²) < 4.78 is 1.80. The van der Waals surface area contributed by atoms with Gasteiger partial charge >= 0.3 is 0 Å². The highest BCUT2D eigenvalue weighted by molar-refractivity contribution is 6.30. The Morgan fingerprint density at radius 2 is 1.81 bits per heavy atom. The molecule has 4 nitrogen and oxygen atoms in total. The molecule has 0 saturated carbocycles. The minimum Gasteiger partial charge on any atom is -0.275 e. The molecule has 21 heavy (non-hydrogen) atoms. The van der Waals surface area contributed by atoms with Gasteiger partial charge in [-0.25, -0.2) is 9.97 Å². The van der Waals surface area contributed by atoms with Crippen molar-refractivity contribution in [2.75, 3.05) is 0 Å². The van der Waals surface area contributed by atoms with Gasteiger partial charge in [0.1, 0.15) is 5.15 Å². The summed E-state index contributed by atoms with van der Waals surface area (Å²) in [6, 6.07) is 0. The number of hydrogen-bond donors (Lipinski definition) is 0. The summed E-state index contributed by atoms with van der Waals surface area (Å²) in [6.07, 6.45) is 1.96. The minimum absolute atomic E-state index is 0.0724. The predicted molar refractivity (Wildman–Crippen MR) is 86.8 cm³/mol. The molecule has 2 aromatic heterocycles. The number of rotatable bonds is 2. The minimum atomic E-state index is -0.0724. The van der Waals surface area contributed by atoms with Gasteiger partial charge in [-0.1, -0.05) is 46.2 Å². The maximum Gasteiger partial charge on any atom is 0.164 e. The van der Waals surface area contributed by atoms with Crippen molar-refractivity contribution in [2.24, 2.45) is 7.05 Å². The van der Waals surface area contributed by atoms with Gasteiger partial charge in [0, 0.05) is 29.9 Å². The Balaban J connectivity index is 2.64. The van der Waals surface area contributed by atoms with Gasteiger partial charge in [0.15, 0.2) is 5.82 Å². The fraction of sp³-hybridized carbons (Fsp3) is 0.562. The molecular formula is C16H23ClN4. The number of halogens is 1. The van der Waals surface area contributed by atoms with Gasteiger partial charge in [-0.3, -0.25) is 4.68 Å². The van der Waals surface area contributed by atoms with Crippen LogP contribution in [0.25, 0.3) is 11.4 Å². The van der Waals surface area contributed by atoms with Crippen molar-refractivity contribution in [3.05, 3.63) is 28.3 Å². The molecule has 114 valence electrons. The van der Waals surface area contributed by atoms with E-state index in [0.29, 0.717) is 16.9 Å². The lowest BCUT2D eigenvalue weighted by Gasteiger charge is -2.18. The molecule has 0 spiro atoms. The fourth-order valence-electron chi connectivity index (χ4n) is 2.53. The zero-order valence-corrected chi connectivity index (χ0v) is 14.6. The van der Waals surface area contributed by atoms with E-state index in [0.717, 1.165) is 22.5 Å². The summed E-state index contributed by atoms with van der Waals surface area (Å²) in [5.41, 5.74) is 3.81. The van der Waals surface area contributed by atoms with Gasteiger partial charge < -0.3 is 0 Å². The molecule has 0 amide bonds. The first-order chi connectivity index (χ1) is 9.61. The van der Waals surface area contributed by atoms with Gasteiger partial charge in [-0.2, -0.15) is 5.10 Å². The van der Waals surface area contributed by atoms with E-state index in [2.05, 4.69) is 49.7 Å². The molecule has 2 aromatic rings. The van der Waals surface area contributed by atoms with Crippen LogP contribution >= 0.6 is 11.6 Å². The van der Waals surface area contributed by atoms with Crippen LogP contribution in [0, 0.1) is 6.92 Å². The van der Waals surface area contributed by atoms with Crippen molar-refractivity contribution >= 4 is 11.6 Å². The van der Waals surface area contributed by atoms with Crippen LogP contribution in [0.2, 0.25) is 5.15 Å². The first kappa shape index (κ1) is 16.0. The molecule has 2 heterocycles. The van der Waals surface area contributed by atoms with E-state index in [1.807, 2.05) is 20.2 Å². The average molecular weight is 307 g/mol. The zero-order valence-electron chi connectivity index (χ0n) is 13.8. The molecule has 0 aliphatic rings. The molecule has 2 rings (SSSR count). The molecule has 5 heteroatoms. The molecule has 0 aromatic carbocycles. The third kappa shape index (κ3) is 3.10. The molecular weight excluding hydrogens is 284 g/mol. The standard InChI is InChI=1S/C16H23ClN4/c1-9(2)12-10(3)18-15(19-14(12)17)11-8-21(7)20-13(11)16(4,5)6/h8-9H,1-7H3. The van der Waals surface area contributed by atoms with Crippen molar-refractivity contribution in [3.8, 4) is 11.4 Å². The SMILES string of the molecule is Cc1nc(-c2cn(C)nc2C(C)(C)C)nc(Cl)c1C(C)C. The Morgan fingerprint density at radius 1 is 1.19 bits per heavy atom. The van der Waals surface area contributed by atoms with Gasteiger partial charge in [-0.15, -0.1) is 0 Å². The first-order valence-corrected chi connectivity index (χ1v) is 7.57. The maximum absolute atomic E-state index is 6.37. The van der Waals surface area contributed by atoms with Gasteiger partial charge in [0.05, 0.1) is 11.3 Å². The van der Waals surface area contributed by atoms with Crippen LogP contribution in [0.15, 0.2) is 6.20 Å². The summed E-state index contributed by atoms with van der Waals surface area (Å²) >= 11 is 6.37. The van der Waals surface area contributed by atoms with Gasteiger partial charge in [-0.05, 0) is 12.8 Å².